The van der Waals surface area contributed by atoms with E-state index in [4.69, 9.17) is 5.73 Å². The zero-order valence-electron chi connectivity index (χ0n) is 11.6. The maximum Gasteiger partial charge on any atom is 0.227 e. The van der Waals surface area contributed by atoms with Crippen molar-refractivity contribution in [2.45, 2.75) is 31.7 Å². The highest BCUT2D eigenvalue weighted by molar-refractivity contribution is 5.88. The molecule has 0 saturated carbocycles. The second kappa shape index (κ2) is 5.67. The van der Waals surface area contributed by atoms with Gasteiger partial charge in [-0.3, -0.25) is 4.79 Å². The van der Waals surface area contributed by atoms with Gasteiger partial charge in [0.15, 0.2) is 0 Å². The predicted molar refractivity (Wildman–Crippen MR) is 80.4 cm³/mol. The Bertz CT molecular complexity index is 605. The third-order valence-electron chi connectivity index (χ3n) is 4.14. The van der Waals surface area contributed by atoms with Crippen LogP contribution in [0.3, 0.4) is 0 Å². The minimum atomic E-state index is 0.212. The zero-order chi connectivity index (χ0) is 13.9. The van der Waals surface area contributed by atoms with E-state index < -0.39 is 0 Å². The van der Waals surface area contributed by atoms with Gasteiger partial charge in [-0.1, -0.05) is 18.2 Å². The first-order valence-electron chi connectivity index (χ1n) is 7.32. The molecule has 1 amide bonds. The van der Waals surface area contributed by atoms with Crippen LogP contribution in [0.4, 0.5) is 0 Å². The minimum absolute atomic E-state index is 0.212. The van der Waals surface area contributed by atoms with Gasteiger partial charge in [0.2, 0.25) is 5.91 Å². The summed E-state index contributed by atoms with van der Waals surface area (Å²) in [4.78, 5) is 17.6. The van der Waals surface area contributed by atoms with Gasteiger partial charge in [0.1, 0.15) is 0 Å². The molecule has 2 aromatic rings. The lowest BCUT2D eigenvalue weighted by Crippen LogP contribution is -2.33. The number of carbonyl (C=O) groups excluding carboxylic acids is 1. The van der Waals surface area contributed by atoms with Gasteiger partial charge in [0.25, 0.3) is 0 Å². The standard InChI is InChI=1S/C16H21N3O/c17-13-4-3-8-19(9-7-13)16(20)10-12-11-18-15-6-2-1-5-14(12)15/h1-2,5-6,11,13,18H,3-4,7-10,17H2/t13-/m1/s1. The van der Waals surface area contributed by atoms with Crippen LogP contribution in [0, 0.1) is 0 Å². The van der Waals surface area contributed by atoms with Crippen molar-refractivity contribution in [1.29, 1.82) is 0 Å². The van der Waals surface area contributed by atoms with Gasteiger partial charge in [0.05, 0.1) is 6.42 Å². The van der Waals surface area contributed by atoms with E-state index in [9.17, 15) is 4.79 Å². The number of amides is 1. The Hall–Kier alpha value is -1.81. The normalized spacial score (nSPS) is 20.1. The molecule has 1 aromatic carbocycles. The lowest BCUT2D eigenvalue weighted by molar-refractivity contribution is -0.130. The summed E-state index contributed by atoms with van der Waals surface area (Å²) in [6.45, 7) is 1.64. The molecule has 1 saturated heterocycles. The molecule has 1 aliphatic heterocycles. The summed E-state index contributed by atoms with van der Waals surface area (Å²) in [7, 11) is 0. The van der Waals surface area contributed by atoms with E-state index in [0.717, 1.165) is 48.8 Å². The molecule has 0 spiro atoms. The monoisotopic (exact) mass is 271 g/mol. The van der Waals surface area contributed by atoms with Crippen LogP contribution in [0.5, 0.6) is 0 Å². The van der Waals surface area contributed by atoms with Crippen molar-refractivity contribution < 1.29 is 4.79 Å². The number of benzene rings is 1. The molecule has 0 bridgehead atoms. The average Bonchev–Trinajstić information content (AvgIpc) is 2.72. The number of nitrogens with two attached hydrogens (primary N) is 1. The Balaban J connectivity index is 1.72. The van der Waals surface area contributed by atoms with Crippen LogP contribution in [0.15, 0.2) is 30.5 Å². The summed E-state index contributed by atoms with van der Waals surface area (Å²) in [6, 6.07) is 8.36. The summed E-state index contributed by atoms with van der Waals surface area (Å²) >= 11 is 0. The van der Waals surface area contributed by atoms with Crippen LogP contribution in [-0.2, 0) is 11.2 Å². The highest BCUT2D eigenvalue weighted by Gasteiger charge is 2.19. The molecule has 0 unspecified atom stereocenters. The van der Waals surface area contributed by atoms with Gasteiger partial charge in [-0.05, 0) is 30.9 Å². The van der Waals surface area contributed by atoms with E-state index in [0.29, 0.717) is 6.42 Å². The van der Waals surface area contributed by atoms with Crippen molar-refractivity contribution in [2.75, 3.05) is 13.1 Å². The molecule has 2 heterocycles. The van der Waals surface area contributed by atoms with Crippen LogP contribution in [0.1, 0.15) is 24.8 Å². The number of nitrogens with zero attached hydrogens (tertiary/aromatic N) is 1. The van der Waals surface area contributed by atoms with Crippen molar-refractivity contribution in [1.82, 2.24) is 9.88 Å². The van der Waals surface area contributed by atoms with Gasteiger partial charge in [-0.15, -0.1) is 0 Å². The quantitative estimate of drug-likeness (QED) is 0.878. The van der Waals surface area contributed by atoms with Gasteiger partial charge in [-0.2, -0.15) is 0 Å². The SMILES string of the molecule is N[C@@H]1CCCN(C(=O)Cc2c[nH]c3ccccc23)CC1. The molecule has 0 radical (unpaired) electrons. The van der Waals surface area contributed by atoms with Gasteiger partial charge in [0, 0.05) is 36.2 Å². The first kappa shape index (κ1) is 13.2. The molecular weight excluding hydrogens is 250 g/mol. The summed E-state index contributed by atoms with van der Waals surface area (Å²) < 4.78 is 0. The Morgan fingerprint density at radius 3 is 3.05 bits per heavy atom. The van der Waals surface area contributed by atoms with Crippen LogP contribution in [-0.4, -0.2) is 34.9 Å². The van der Waals surface area contributed by atoms with Crippen LogP contribution in [0.25, 0.3) is 10.9 Å². The smallest absolute Gasteiger partial charge is 0.227 e. The van der Waals surface area contributed by atoms with E-state index in [2.05, 4.69) is 11.1 Å². The summed E-state index contributed by atoms with van der Waals surface area (Å²) in [6.07, 6.45) is 5.38. The molecular formula is C16H21N3O. The predicted octanol–water partition coefficient (Wildman–Crippen LogP) is 2.05. The first-order chi connectivity index (χ1) is 9.74. The maximum absolute atomic E-state index is 12.4. The fraction of sp³-hybridized carbons (Fsp3) is 0.438. The van der Waals surface area contributed by atoms with E-state index >= 15 is 0 Å². The number of aromatic amines is 1. The Labute approximate surface area is 118 Å². The van der Waals surface area contributed by atoms with Crippen LogP contribution < -0.4 is 5.73 Å². The van der Waals surface area contributed by atoms with Crippen molar-refractivity contribution in [3.05, 3.63) is 36.0 Å². The molecule has 3 N–H and O–H groups in total. The molecule has 1 fully saturated rings. The molecule has 1 aromatic heterocycles. The number of para-hydroxylation sites is 1. The van der Waals surface area contributed by atoms with Gasteiger partial charge < -0.3 is 15.6 Å². The molecule has 3 rings (SSSR count). The Morgan fingerprint density at radius 2 is 2.15 bits per heavy atom. The number of nitrogens with one attached hydrogen (secondary N) is 1. The van der Waals surface area contributed by atoms with Gasteiger partial charge in [-0.25, -0.2) is 0 Å². The lowest BCUT2D eigenvalue weighted by Gasteiger charge is -2.20. The largest absolute Gasteiger partial charge is 0.361 e. The van der Waals surface area contributed by atoms with Crippen LogP contribution >= 0.6 is 0 Å². The molecule has 106 valence electrons. The minimum Gasteiger partial charge on any atom is -0.361 e. The van der Waals surface area contributed by atoms with Crippen molar-refractivity contribution >= 4 is 16.8 Å². The number of likely N-dealkylation sites (tertiary alicyclic amines) is 1. The summed E-state index contributed by atoms with van der Waals surface area (Å²) in [5.74, 6) is 0.212. The number of rotatable bonds is 2. The summed E-state index contributed by atoms with van der Waals surface area (Å²) in [5, 5.41) is 1.15. The summed E-state index contributed by atoms with van der Waals surface area (Å²) in [5.41, 5.74) is 8.14. The number of aromatic nitrogens is 1. The third-order valence-corrected chi connectivity index (χ3v) is 4.14. The molecule has 0 aliphatic carbocycles. The first-order valence-corrected chi connectivity index (χ1v) is 7.32. The average molecular weight is 271 g/mol. The highest BCUT2D eigenvalue weighted by Crippen LogP contribution is 2.19. The maximum atomic E-state index is 12.4. The van der Waals surface area contributed by atoms with E-state index in [1.165, 1.54) is 0 Å². The van der Waals surface area contributed by atoms with Crippen molar-refractivity contribution in [3.63, 3.8) is 0 Å². The zero-order valence-corrected chi connectivity index (χ0v) is 11.6. The van der Waals surface area contributed by atoms with E-state index in [1.54, 1.807) is 0 Å². The number of H-pyrrole nitrogens is 1. The molecule has 1 atom stereocenters. The number of hydrogen-bond donors (Lipinski definition) is 2. The van der Waals surface area contributed by atoms with Crippen LogP contribution in [0.2, 0.25) is 0 Å². The van der Waals surface area contributed by atoms with E-state index in [1.807, 2.05) is 29.3 Å². The number of hydrogen-bond acceptors (Lipinski definition) is 2. The fourth-order valence-electron chi connectivity index (χ4n) is 2.92. The highest BCUT2D eigenvalue weighted by atomic mass is 16.2. The van der Waals surface area contributed by atoms with Crippen molar-refractivity contribution in [3.8, 4) is 0 Å². The topological polar surface area (TPSA) is 62.1 Å². The molecule has 20 heavy (non-hydrogen) atoms. The second-order valence-electron chi connectivity index (χ2n) is 5.61. The molecule has 4 heteroatoms. The third kappa shape index (κ3) is 2.70. The fourth-order valence-corrected chi connectivity index (χ4v) is 2.92. The Kier molecular flexibility index (Phi) is 3.74. The number of fused-ring (bicyclic) bond motifs is 1. The second-order valence-corrected chi connectivity index (χ2v) is 5.61. The van der Waals surface area contributed by atoms with Crippen molar-refractivity contribution in [2.24, 2.45) is 5.73 Å². The van der Waals surface area contributed by atoms with E-state index in [-0.39, 0.29) is 11.9 Å². The molecule has 4 nitrogen and oxygen atoms in total. The van der Waals surface area contributed by atoms with Gasteiger partial charge >= 0.3 is 0 Å². The number of carbonyl (C=O) groups is 1. The lowest BCUT2D eigenvalue weighted by atomic mass is 10.1. The Morgan fingerprint density at radius 1 is 1.30 bits per heavy atom. The molecule has 1 aliphatic rings.